The van der Waals surface area contributed by atoms with E-state index in [-0.39, 0.29) is 28.6 Å². The fourth-order valence-electron chi connectivity index (χ4n) is 3.53. The Hall–Kier alpha value is -3.66. The number of hydrogen-bond donors (Lipinski definition) is 3. The van der Waals surface area contributed by atoms with Crippen molar-refractivity contribution < 1.29 is 49.4 Å². The molecule has 0 aliphatic carbocycles. The Balaban J connectivity index is 1.92. The zero-order valence-electron chi connectivity index (χ0n) is 22.4. The number of hydrogen-bond acceptors (Lipinski definition) is 7. The molecule has 0 fully saturated rings. The summed E-state index contributed by atoms with van der Waals surface area (Å²) < 4.78 is 105. The molecule has 1 heterocycles. The molecular weight excluding hydrogens is 579 g/mol. The van der Waals surface area contributed by atoms with E-state index in [1.807, 2.05) is 0 Å². The van der Waals surface area contributed by atoms with E-state index in [9.17, 15) is 40.0 Å². The van der Waals surface area contributed by atoms with E-state index >= 15 is 0 Å². The molecular formula is C25H29F5N4O6S. The summed E-state index contributed by atoms with van der Waals surface area (Å²) in [6, 6.07) is 6.01. The monoisotopic (exact) mass is 608 g/mol. The lowest BCUT2D eigenvalue weighted by molar-refractivity contribution is -0.242. The van der Waals surface area contributed by atoms with Gasteiger partial charge in [0.25, 0.3) is 10.0 Å². The second-order valence-electron chi connectivity index (χ2n) is 10.2. The molecule has 1 aliphatic rings. The van der Waals surface area contributed by atoms with Gasteiger partial charge in [0, 0.05) is 5.69 Å². The molecule has 0 bridgehead atoms. The van der Waals surface area contributed by atoms with E-state index in [0.717, 1.165) is 48.5 Å². The molecule has 0 radical (unpaired) electrons. The third-order valence-corrected chi connectivity index (χ3v) is 7.89. The lowest BCUT2D eigenvalue weighted by Gasteiger charge is -2.36. The molecule has 1 aliphatic heterocycles. The number of anilines is 2. The van der Waals surface area contributed by atoms with Crippen molar-refractivity contribution in [2.75, 3.05) is 22.7 Å². The topological polar surface area (TPSA) is 140 Å². The van der Waals surface area contributed by atoms with Crippen molar-refractivity contribution in [1.82, 2.24) is 5.32 Å². The van der Waals surface area contributed by atoms with Gasteiger partial charge in [0.05, 0.1) is 23.7 Å². The van der Waals surface area contributed by atoms with Gasteiger partial charge in [-0.25, -0.2) is 22.0 Å². The number of amides is 2. The third kappa shape index (κ3) is 7.35. The van der Waals surface area contributed by atoms with Crippen LogP contribution in [0.1, 0.15) is 27.7 Å². The second kappa shape index (κ2) is 11.3. The Morgan fingerprint density at radius 1 is 1.10 bits per heavy atom. The molecule has 4 N–H and O–H groups in total. The number of nitrogens with zero attached hydrogens (tertiary/aromatic N) is 1. The first kappa shape index (κ1) is 31.9. The number of fused-ring (bicyclic) bond motifs is 1. The van der Waals surface area contributed by atoms with Crippen LogP contribution in [0, 0.1) is 5.82 Å². The summed E-state index contributed by atoms with van der Waals surface area (Å²) in [6.45, 7) is 2.86. The minimum Gasteiger partial charge on any atom is -0.484 e. The van der Waals surface area contributed by atoms with Crippen LogP contribution in [0.4, 0.5) is 38.1 Å². The number of ether oxygens (including phenoxy) is 2. The third-order valence-electron chi connectivity index (χ3n) is 6.10. The van der Waals surface area contributed by atoms with Gasteiger partial charge in [0.15, 0.2) is 0 Å². The summed E-state index contributed by atoms with van der Waals surface area (Å²) in [6.07, 6.45) is -7.32. The molecule has 2 aromatic rings. The number of rotatable bonds is 8. The molecule has 3 rings (SSSR count). The van der Waals surface area contributed by atoms with Crippen LogP contribution in [0.25, 0.3) is 0 Å². The molecule has 2 aromatic carbocycles. The van der Waals surface area contributed by atoms with Crippen molar-refractivity contribution in [3.8, 4) is 5.75 Å². The predicted octanol–water partition coefficient (Wildman–Crippen LogP) is 3.86. The average Bonchev–Trinajstić information content (AvgIpc) is 2.85. The minimum absolute atomic E-state index is 0.0363. The second-order valence-corrected chi connectivity index (χ2v) is 12.1. The van der Waals surface area contributed by atoms with Crippen LogP contribution in [0.5, 0.6) is 5.75 Å². The minimum atomic E-state index is -4.86. The lowest BCUT2D eigenvalue weighted by atomic mass is 10.0. The fraction of sp³-hybridized carbons (Fsp3) is 0.440. The Morgan fingerprint density at radius 2 is 1.71 bits per heavy atom. The molecule has 2 atom stereocenters. The highest BCUT2D eigenvalue weighted by atomic mass is 32.2. The molecule has 0 aromatic heterocycles. The average molecular weight is 609 g/mol. The maximum absolute atomic E-state index is 14.1. The van der Waals surface area contributed by atoms with Crippen LogP contribution >= 0.6 is 0 Å². The highest BCUT2D eigenvalue weighted by Gasteiger charge is 2.51. The van der Waals surface area contributed by atoms with Gasteiger partial charge in [-0.3, -0.25) is 14.4 Å². The summed E-state index contributed by atoms with van der Waals surface area (Å²) in [5.41, 5.74) is 0.516. The highest BCUT2D eigenvalue weighted by Crippen LogP contribution is 2.39. The van der Waals surface area contributed by atoms with Crippen LogP contribution < -0.4 is 25.4 Å². The van der Waals surface area contributed by atoms with E-state index in [1.165, 1.54) is 12.1 Å². The quantitative estimate of drug-likeness (QED) is 0.387. The SMILES string of the molecule is CC(C)(F)C(N)C(=O)NCC1CN(S(=O)(=O)c2ccc(F)cc2)c2cc(NC(=O)OC(C)(C)C(F)(F)F)ccc2O1. The van der Waals surface area contributed by atoms with Crippen molar-refractivity contribution in [3.63, 3.8) is 0 Å². The van der Waals surface area contributed by atoms with E-state index in [4.69, 9.17) is 10.5 Å². The summed E-state index contributed by atoms with van der Waals surface area (Å²) in [5.74, 6) is -1.57. The highest BCUT2D eigenvalue weighted by molar-refractivity contribution is 7.92. The standard InChI is InChI=1S/C25H29F5N4O6S/c1-23(2,27)20(31)21(35)32-12-16-13-34(41(37,38)17-8-5-14(26)6-9-17)18-11-15(7-10-19(18)39-16)33-22(36)40-24(3,4)25(28,29)30/h5-11,16,20H,12-13,31H2,1-4H3,(H,32,35)(H,33,36). The van der Waals surface area contributed by atoms with Crippen LogP contribution in [0.15, 0.2) is 47.4 Å². The molecule has 2 unspecified atom stereocenters. The molecule has 10 nitrogen and oxygen atoms in total. The number of carbonyl (C=O) groups excluding carboxylic acids is 2. The number of alkyl halides is 4. The van der Waals surface area contributed by atoms with Gasteiger partial charge in [-0.05, 0) is 70.2 Å². The van der Waals surface area contributed by atoms with Gasteiger partial charge >= 0.3 is 12.3 Å². The Morgan fingerprint density at radius 3 is 2.27 bits per heavy atom. The molecule has 0 spiro atoms. The Labute approximate surface area is 233 Å². The first-order valence-corrected chi connectivity index (χ1v) is 13.5. The fourth-order valence-corrected chi connectivity index (χ4v) is 5.03. The smallest absolute Gasteiger partial charge is 0.427 e. The largest absolute Gasteiger partial charge is 0.484 e. The maximum Gasteiger partial charge on any atom is 0.427 e. The number of sulfonamides is 1. The molecule has 0 saturated carbocycles. The van der Waals surface area contributed by atoms with Crippen LogP contribution in [-0.2, 0) is 19.6 Å². The van der Waals surface area contributed by atoms with Crippen molar-refractivity contribution in [3.05, 3.63) is 48.3 Å². The molecule has 16 heteroatoms. The number of nitrogens with two attached hydrogens (primary N) is 1. The summed E-state index contributed by atoms with van der Waals surface area (Å²) >= 11 is 0. The molecule has 2 amide bonds. The Bertz CT molecular complexity index is 1390. The lowest BCUT2D eigenvalue weighted by Crippen LogP contribution is -2.54. The Kier molecular flexibility index (Phi) is 8.79. The van der Waals surface area contributed by atoms with Gasteiger partial charge < -0.3 is 20.5 Å². The van der Waals surface area contributed by atoms with Crippen LogP contribution in [-0.4, -0.2) is 63.1 Å². The van der Waals surface area contributed by atoms with Crippen molar-refractivity contribution in [1.29, 1.82) is 0 Å². The van der Waals surface area contributed by atoms with E-state index < -0.39 is 64.0 Å². The van der Waals surface area contributed by atoms with E-state index in [1.54, 1.807) is 0 Å². The first-order valence-electron chi connectivity index (χ1n) is 12.1. The number of benzene rings is 2. The zero-order chi connectivity index (χ0) is 31.0. The van der Waals surface area contributed by atoms with Gasteiger partial charge in [-0.15, -0.1) is 0 Å². The normalized spacial score (nSPS) is 16.7. The van der Waals surface area contributed by atoms with E-state index in [2.05, 4.69) is 15.4 Å². The first-order chi connectivity index (χ1) is 18.7. The van der Waals surface area contributed by atoms with Gasteiger partial charge in [-0.2, -0.15) is 13.2 Å². The van der Waals surface area contributed by atoms with Crippen molar-refractivity contribution in [2.45, 2.75) is 62.2 Å². The molecule has 41 heavy (non-hydrogen) atoms. The number of halogens is 5. The molecule has 0 saturated heterocycles. The van der Waals surface area contributed by atoms with Gasteiger partial charge in [0.1, 0.15) is 29.4 Å². The van der Waals surface area contributed by atoms with E-state index in [0.29, 0.717) is 13.8 Å². The summed E-state index contributed by atoms with van der Waals surface area (Å²) in [4.78, 5) is 24.2. The zero-order valence-corrected chi connectivity index (χ0v) is 23.2. The van der Waals surface area contributed by atoms with Crippen LogP contribution in [0.3, 0.4) is 0 Å². The van der Waals surface area contributed by atoms with Crippen molar-refractivity contribution in [2.24, 2.45) is 5.73 Å². The van der Waals surface area contributed by atoms with Crippen molar-refractivity contribution >= 4 is 33.4 Å². The van der Waals surface area contributed by atoms with Gasteiger partial charge in [0.2, 0.25) is 11.5 Å². The van der Waals surface area contributed by atoms with Gasteiger partial charge in [-0.1, -0.05) is 0 Å². The van der Waals surface area contributed by atoms with Crippen LogP contribution in [0.2, 0.25) is 0 Å². The maximum atomic E-state index is 14.1. The predicted molar refractivity (Wildman–Crippen MR) is 138 cm³/mol. The summed E-state index contributed by atoms with van der Waals surface area (Å²) in [7, 11) is -4.40. The summed E-state index contributed by atoms with van der Waals surface area (Å²) in [5, 5.41) is 4.54. The molecule has 226 valence electrons. The number of carbonyl (C=O) groups is 2. The number of nitrogens with one attached hydrogen (secondary N) is 2.